The summed E-state index contributed by atoms with van der Waals surface area (Å²) in [5.41, 5.74) is 1.43. The van der Waals surface area contributed by atoms with Crippen LogP contribution in [0.2, 0.25) is 0 Å². The Morgan fingerprint density at radius 1 is 0.909 bits per heavy atom. The van der Waals surface area contributed by atoms with Crippen molar-refractivity contribution in [3.8, 4) is 0 Å². The smallest absolute Gasteiger partial charge is 0.333 e. The van der Waals surface area contributed by atoms with E-state index in [1.54, 1.807) is 10.9 Å². The van der Waals surface area contributed by atoms with E-state index in [4.69, 9.17) is 0 Å². The number of hydrogen-bond donors (Lipinski definition) is 1. The van der Waals surface area contributed by atoms with Gasteiger partial charge in [-0.05, 0) is 17.0 Å². The molecule has 8 heteroatoms. The summed E-state index contributed by atoms with van der Waals surface area (Å²) in [5, 5.41) is 2.78. The molecule has 1 N–H and O–H groups in total. The maximum atomic E-state index is 13.4. The number of fused-ring (bicyclic) bond motifs is 1. The molecule has 0 radical (unpaired) electrons. The van der Waals surface area contributed by atoms with Gasteiger partial charge in [0.05, 0.1) is 12.9 Å². The lowest BCUT2D eigenvalue weighted by Crippen LogP contribution is -2.44. The molecule has 0 fully saturated rings. The lowest BCUT2D eigenvalue weighted by atomic mass is 10.2. The quantitative estimate of drug-likeness (QED) is 0.450. The number of imidazole rings is 1. The number of aromatic nitrogens is 4. The largest absolute Gasteiger partial charge is 0.354 e. The fourth-order valence-corrected chi connectivity index (χ4v) is 3.70. The Morgan fingerprint density at radius 2 is 1.52 bits per heavy atom. The second-order valence-electron chi connectivity index (χ2n) is 8.47. The molecular weight excluding hydrogens is 418 g/mol. The molecule has 0 aliphatic heterocycles. The van der Waals surface area contributed by atoms with E-state index >= 15 is 0 Å². The normalized spacial score (nSPS) is 11.2. The predicted octanol–water partition coefficient (Wildman–Crippen LogP) is 2.23. The second kappa shape index (κ2) is 9.68. The molecule has 33 heavy (non-hydrogen) atoms. The molecule has 2 heterocycles. The minimum Gasteiger partial charge on any atom is -0.354 e. The van der Waals surface area contributed by atoms with E-state index in [2.05, 4.69) is 10.3 Å². The van der Waals surface area contributed by atoms with Crippen LogP contribution in [0.4, 0.5) is 0 Å². The van der Waals surface area contributed by atoms with Crippen molar-refractivity contribution in [2.75, 3.05) is 6.54 Å². The maximum absolute atomic E-state index is 13.4. The number of nitrogens with one attached hydrogen (secondary N) is 1. The average molecular weight is 446 g/mol. The first-order chi connectivity index (χ1) is 15.9. The summed E-state index contributed by atoms with van der Waals surface area (Å²) in [6, 6.07) is 19.2. The first-order valence-electron chi connectivity index (χ1n) is 11.0. The van der Waals surface area contributed by atoms with Crippen LogP contribution in [0.5, 0.6) is 0 Å². The van der Waals surface area contributed by atoms with Gasteiger partial charge < -0.3 is 9.88 Å². The van der Waals surface area contributed by atoms with E-state index in [0.29, 0.717) is 24.3 Å². The van der Waals surface area contributed by atoms with Crippen LogP contribution < -0.4 is 16.6 Å². The highest BCUT2D eigenvalue weighted by molar-refractivity contribution is 5.76. The van der Waals surface area contributed by atoms with Crippen molar-refractivity contribution in [1.82, 2.24) is 24.0 Å². The van der Waals surface area contributed by atoms with Crippen molar-refractivity contribution < 1.29 is 4.79 Å². The van der Waals surface area contributed by atoms with E-state index in [-0.39, 0.29) is 24.9 Å². The SMILES string of the molecule is CC(C)CNC(=O)Cn1c(=O)c2c(ncn2Cc2ccccc2)n(Cc2ccccc2)c1=O. The van der Waals surface area contributed by atoms with E-state index in [0.717, 1.165) is 15.7 Å². The number of carbonyl (C=O) groups excluding carboxylic acids is 1. The zero-order chi connectivity index (χ0) is 23.4. The van der Waals surface area contributed by atoms with Crippen molar-refractivity contribution >= 4 is 17.1 Å². The average Bonchev–Trinajstić information content (AvgIpc) is 3.23. The topological polar surface area (TPSA) is 90.9 Å². The van der Waals surface area contributed by atoms with Gasteiger partial charge in [0, 0.05) is 13.1 Å². The highest BCUT2D eigenvalue weighted by Crippen LogP contribution is 2.12. The lowest BCUT2D eigenvalue weighted by Gasteiger charge is -2.13. The van der Waals surface area contributed by atoms with Crippen molar-refractivity contribution in [2.45, 2.75) is 33.5 Å². The second-order valence-corrected chi connectivity index (χ2v) is 8.47. The van der Waals surface area contributed by atoms with Crippen molar-refractivity contribution in [3.63, 3.8) is 0 Å². The Labute approximate surface area is 191 Å². The summed E-state index contributed by atoms with van der Waals surface area (Å²) in [4.78, 5) is 43.7. The molecule has 2 aromatic heterocycles. The number of benzene rings is 2. The van der Waals surface area contributed by atoms with Crippen LogP contribution in [0.15, 0.2) is 76.6 Å². The minimum atomic E-state index is -0.555. The van der Waals surface area contributed by atoms with E-state index < -0.39 is 11.2 Å². The number of amides is 1. The molecule has 170 valence electrons. The number of nitrogens with zero attached hydrogens (tertiary/aromatic N) is 4. The van der Waals surface area contributed by atoms with Gasteiger partial charge in [-0.2, -0.15) is 0 Å². The monoisotopic (exact) mass is 445 g/mol. The maximum Gasteiger partial charge on any atom is 0.333 e. The Morgan fingerprint density at radius 3 is 2.12 bits per heavy atom. The Hall–Kier alpha value is -3.94. The van der Waals surface area contributed by atoms with Gasteiger partial charge in [-0.3, -0.25) is 14.2 Å². The third-order valence-corrected chi connectivity index (χ3v) is 5.37. The van der Waals surface area contributed by atoms with Crippen LogP contribution in [0.1, 0.15) is 25.0 Å². The van der Waals surface area contributed by atoms with Crippen LogP contribution in [-0.4, -0.2) is 31.1 Å². The molecular formula is C25H27N5O3. The van der Waals surface area contributed by atoms with Crippen LogP contribution in [0, 0.1) is 5.92 Å². The molecule has 0 bridgehead atoms. The zero-order valence-electron chi connectivity index (χ0n) is 18.8. The first kappa shape index (κ1) is 22.3. The molecule has 0 spiro atoms. The summed E-state index contributed by atoms with van der Waals surface area (Å²) < 4.78 is 4.20. The third kappa shape index (κ3) is 4.95. The zero-order valence-corrected chi connectivity index (χ0v) is 18.8. The predicted molar refractivity (Wildman–Crippen MR) is 127 cm³/mol. The van der Waals surface area contributed by atoms with Crippen LogP contribution in [0.25, 0.3) is 11.2 Å². The summed E-state index contributed by atoms with van der Waals surface area (Å²) in [6.45, 7) is 4.76. The van der Waals surface area contributed by atoms with Gasteiger partial charge in [-0.15, -0.1) is 0 Å². The molecule has 0 aliphatic carbocycles. The summed E-state index contributed by atoms with van der Waals surface area (Å²) in [6.07, 6.45) is 1.57. The fraction of sp³-hybridized carbons (Fsp3) is 0.280. The molecule has 4 rings (SSSR count). The minimum absolute atomic E-state index is 0.242. The molecule has 8 nitrogen and oxygen atoms in total. The lowest BCUT2D eigenvalue weighted by molar-refractivity contribution is -0.121. The van der Waals surface area contributed by atoms with E-state index in [1.807, 2.05) is 74.5 Å². The summed E-state index contributed by atoms with van der Waals surface area (Å²) >= 11 is 0. The molecule has 4 aromatic rings. The summed E-state index contributed by atoms with van der Waals surface area (Å²) in [7, 11) is 0. The number of carbonyl (C=O) groups is 1. The molecule has 0 saturated heterocycles. The van der Waals surface area contributed by atoms with Crippen LogP contribution in [0.3, 0.4) is 0 Å². The van der Waals surface area contributed by atoms with Gasteiger partial charge in [0.15, 0.2) is 11.2 Å². The van der Waals surface area contributed by atoms with Crippen molar-refractivity contribution in [2.24, 2.45) is 5.92 Å². The summed E-state index contributed by atoms with van der Waals surface area (Å²) in [5.74, 6) is -0.113. The van der Waals surface area contributed by atoms with E-state index in [1.165, 1.54) is 4.57 Å². The fourth-order valence-electron chi connectivity index (χ4n) is 3.70. The molecule has 0 saturated carbocycles. The highest BCUT2D eigenvalue weighted by Gasteiger charge is 2.20. The Balaban J connectivity index is 1.83. The van der Waals surface area contributed by atoms with Gasteiger partial charge in [0.2, 0.25) is 5.91 Å². The van der Waals surface area contributed by atoms with Gasteiger partial charge in [-0.1, -0.05) is 74.5 Å². The first-order valence-corrected chi connectivity index (χ1v) is 11.0. The van der Waals surface area contributed by atoms with Gasteiger partial charge in [0.25, 0.3) is 5.56 Å². The number of hydrogen-bond acceptors (Lipinski definition) is 4. The van der Waals surface area contributed by atoms with Crippen molar-refractivity contribution in [1.29, 1.82) is 0 Å². The Kier molecular flexibility index (Phi) is 6.53. The molecule has 0 atom stereocenters. The third-order valence-electron chi connectivity index (χ3n) is 5.37. The highest BCUT2D eigenvalue weighted by atomic mass is 16.2. The van der Waals surface area contributed by atoms with Gasteiger partial charge >= 0.3 is 5.69 Å². The van der Waals surface area contributed by atoms with E-state index in [9.17, 15) is 14.4 Å². The standard InChI is InChI=1S/C25H27N5O3/c1-18(2)13-26-21(31)16-30-24(32)22-23(27-17-28(22)14-19-9-5-3-6-10-19)29(25(30)33)15-20-11-7-4-8-12-20/h3-12,17-18H,13-16H2,1-2H3,(H,26,31). The number of rotatable bonds is 8. The molecule has 1 amide bonds. The Bertz CT molecular complexity index is 1370. The molecule has 0 aliphatic rings. The van der Waals surface area contributed by atoms with Crippen molar-refractivity contribution in [3.05, 3.63) is 99.0 Å². The van der Waals surface area contributed by atoms with Crippen LogP contribution in [-0.2, 0) is 24.4 Å². The van der Waals surface area contributed by atoms with Crippen LogP contribution >= 0.6 is 0 Å². The van der Waals surface area contributed by atoms with Gasteiger partial charge in [-0.25, -0.2) is 14.3 Å². The van der Waals surface area contributed by atoms with Gasteiger partial charge in [0.1, 0.15) is 6.54 Å². The molecule has 2 aromatic carbocycles. The molecule has 0 unspecified atom stereocenters.